The first-order chi connectivity index (χ1) is 15.5. The first kappa shape index (κ1) is 19.9. The van der Waals surface area contributed by atoms with E-state index in [2.05, 4.69) is 9.97 Å². The van der Waals surface area contributed by atoms with E-state index in [0.717, 1.165) is 23.3 Å². The summed E-state index contributed by atoms with van der Waals surface area (Å²) in [4.78, 5) is 35.7. The van der Waals surface area contributed by atoms with Crippen molar-refractivity contribution in [1.29, 1.82) is 0 Å². The van der Waals surface area contributed by atoms with Gasteiger partial charge in [-0.2, -0.15) is 0 Å². The maximum atomic E-state index is 13.1. The van der Waals surface area contributed by atoms with Gasteiger partial charge in [-0.1, -0.05) is 0 Å². The molecule has 160 valence electrons. The molecule has 0 aliphatic carbocycles. The fraction of sp³-hybridized carbons (Fsp3) is 0.200. The average molecular weight is 427 g/mol. The van der Waals surface area contributed by atoms with Gasteiger partial charge in [0.1, 0.15) is 17.6 Å². The molecule has 0 spiro atoms. The van der Waals surface area contributed by atoms with E-state index >= 15 is 0 Å². The molecule has 2 aliphatic heterocycles. The van der Waals surface area contributed by atoms with E-state index in [9.17, 15) is 14.7 Å². The molecular weight excluding hydrogens is 406 g/mol. The van der Waals surface area contributed by atoms with Crippen molar-refractivity contribution in [3.05, 3.63) is 95.1 Å². The van der Waals surface area contributed by atoms with Gasteiger partial charge in [-0.25, -0.2) is 0 Å². The molecule has 2 atom stereocenters. The highest BCUT2D eigenvalue weighted by Crippen LogP contribution is 2.41. The zero-order valence-corrected chi connectivity index (χ0v) is 17.4. The van der Waals surface area contributed by atoms with Crippen LogP contribution in [0.2, 0.25) is 0 Å². The normalized spacial score (nSPS) is 21.5. The molecule has 7 heteroatoms. The van der Waals surface area contributed by atoms with Gasteiger partial charge in [0, 0.05) is 43.3 Å². The number of amides is 1. The first-order valence-electron chi connectivity index (χ1n) is 10.4. The summed E-state index contributed by atoms with van der Waals surface area (Å²) >= 11 is 0. The molecule has 3 aromatic rings. The third-order valence-corrected chi connectivity index (χ3v) is 5.83. The number of carbonyl (C=O) groups is 2. The largest absolute Gasteiger partial charge is 0.507 e. The molecule has 32 heavy (non-hydrogen) atoms. The molecule has 1 amide bonds. The Morgan fingerprint density at radius 3 is 2.47 bits per heavy atom. The third kappa shape index (κ3) is 3.41. The monoisotopic (exact) mass is 427 g/mol. The molecular formula is C25H21N3O4. The van der Waals surface area contributed by atoms with Gasteiger partial charge in [0.2, 0.25) is 0 Å². The van der Waals surface area contributed by atoms with Crippen LogP contribution in [0.4, 0.5) is 0 Å². The van der Waals surface area contributed by atoms with Crippen LogP contribution in [0.5, 0.6) is 5.75 Å². The van der Waals surface area contributed by atoms with Crippen LogP contribution in [0.3, 0.4) is 0 Å². The first-order valence-corrected chi connectivity index (χ1v) is 10.4. The predicted molar refractivity (Wildman–Crippen MR) is 117 cm³/mol. The predicted octanol–water partition coefficient (Wildman–Crippen LogP) is 3.42. The van der Waals surface area contributed by atoms with E-state index in [0.29, 0.717) is 11.1 Å². The summed E-state index contributed by atoms with van der Waals surface area (Å²) in [5.41, 5.74) is 3.06. The third-order valence-electron chi connectivity index (χ3n) is 5.83. The maximum Gasteiger partial charge on any atom is 0.295 e. The Bertz CT molecular complexity index is 1220. The van der Waals surface area contributed by atoms with E-state index in [1.54, 1.807) is 61.2 Å². The fourth-order valence-corrected chi connectivity index (χ4v) is 4.35. The highest BCUT2D eigenvalue weighted by atomic mass is 16.5. The second-order valence-electron chi connectivity index (χ2n) is 8.02. The maximum absolute atomic E-state index is 13.1. The summed E-state index contributed by atoms with van der Waals surface area (Å²) in [6.45, 7) is 2.19. The van der Waals surface area contributed by atoms with Gasteiger partial charge in [0.05, 0.1) is 11.6 Å². The minimum absolute atomic E-state index is 0.0603. The van der Waals surface area contributed by atoms with Gasteiger partial charge >= 0.3 is 0 Å². The van der Waals surface area contributed by atoms with E-state index < -0.39 is 17.7 Å². The number of fused-ring (bicyclic) bond motifs is 1. The lowest BCUT2D eigenvalue weighted by atomic mass is 9.95. The molecule has 7 nitrogen and oxygen atoms in total. The highest BCUT2D eigenvalue weighted by molar-refractivity contribution is 6.46. The van der Waals surface area contributed by atoms with Gasteiger partial charge in [0.15, 0.2) is 0 Å². The molecule has 2 aromatic heterocycles. The smallest absolute Gasteiger partial charge is 0.295 e. The van der Waals surface area contributed by atoms with Gasteiger partial charge in [0.25, 0.3) is 11.7 Å². The summed E-state index contributed by atoms with van der Waals surface area (Å²) in [5, 5.41) is 11.2. The van der Waals surface area contributed by atoms with Crippen molar-refractivity contribution in [3.63, 3.8) is 0 Å². The fourth-order valence-electron chi connectivity index (χ4n) is 4.35. The van der Waals surface area contributed by atoms with Crippen molar-refractivity contribution >= 4 is 17.4 Å². The molecule has 2 aliphatic rings. The van der Waals surface area contributed by atoms with Crippen molar-refractivity contribution in [3.8, 4) is 5.75 Å². The number of aliphatic hydroxyl groups excluding tert-OH is 1. The number of pyridine rings is 2. The number of hydrogen-bond donors (Lipinski definition) is 1. The minimum Gasteiger partial charge on any atom is -0.507 e. The SMILES string of the molecule is CC1Cc2cc(C(O)=C3C(=O)C(=O)N(Cc4ccncc4)C3c3ccncc3)ccc2O1. The van der Waals surface area contributed by atoms with Crippen molar-refractivity contribution in [2.75, 3.05) is 0 Å². The Labute approximate surface area is 185 Å². The van der Waals surface area contributed by atoms with Crippen LogP contribution >= 0.6 is 0 Å². The number of hydrogen-bond acceptors (Lipinski definition) is 6. The van der Waals surface area contributed by atoms with Crippen molar-refractivity contribution < 1.29 is 19.4 Å². The number of carbonyl (C=O) groups excluding carboxylic acids is 2. The van der Waals surface area contributed by atoms with E-state index in [4.69, 9.17) is 4.74 Å². The Balaban J connectivity index is 1.62. The zero-order chi connectivity index (χ0) is 22.2. The summed E-state index contributed by atoms with van der Waals surface area (Å²) in [5.74, 6) is -0.769. The Morgan fingerprint density at radius 2 is 1.75 bits per heavy atom. The van der Waals surface area contributed by atoms with Crippen LogP contribution in [0.25, 0.3) is 5.76 Å². The molecule has 1 saturated heterocycles. The number of ketones is 1. The summed E-state index contributed by atoms with van der Waals surface area (Å²) < 4.78 is 5.74. The topological polar surface area (TPSA) is 92.6 Å². The second kappa shape index (κ2) is 7.92. The van der Waals surface area contributed by atoms with Gasteiger partial charge in [-0.05, 0) is 66.1 Å². The molecule has 2 unspecified atom stereocenters. The van der Waals surface area contributed by atoms with Crippen LogP contribution in [0.1, 0.15) is 35.2 Å². The number of nitrogens with zero attached hydrogens (tertiary/aromatic N) is 3. The van der Waals surface area contributed by atoms with Crippen LogP contribution in [0, 0.1) is 0 Å². The summed E-state index contributed by atoms with van der Waals surface area (Å²) in [6.07, 6.45) is 7.28. The van der Waals surface area contributed by atoms with E-state index in [1.165, 1.54) is 4.90 Å². The molecule has 4 heterocycles. The number of ether oxygens (including phenoxy) is 1. The van der Waals surface area contributed by atoms with Crippen LogP contribution < -0.4 is 4.74 Å². The number of aromatic nitrogens is 2. The average Bonchev–Trinajstić information content (AvgIpc) is 3.31. The second-order valence-corrected chi connectivity index (χ2v) is 8.02. The lowest BCUT2D eigenvalue weighted by Crippen LogP contribution is -2.29. The Hall–Kier alpha value is -4.00. The number of benzene rings is 1. The lowest BCUT2D eigenvalue weighted by Gasteiger charge is -2.25. The summed E-state index contributed by atoms with van der Waals surface area (Å²) in [7, 11) is 0. The van der Waals surface area contributed by atoms with Crippen molar-refractivity contribution in [1.82, 2.24) is 14.9 Å². The molecule has 0 bridgehead atoms. The molecule has 0 radical (unpaired) electrons. The number of Topliss-reactive ketones (excluding diaryl/α,β-unsaturated/α-hetero) is 1. The number of likely N-dealkylation sites (tertiary alicyclic amines) is 1. The van der Waals surface area contributed by atoms with E-state index in [1.807, 2.05) is 13.0 Å². The van der Waals surface area contributed by atoms with Gasteiger partial charge in [-0.15, -0.1) is 0 Å². The quantitative estimate of drug-likeness (QED) is 0.390. The van der Waals surface area contributed by atoms with Gasteiger partial charge < -0.3 is 14.7 Å². The minimum atomic E-state index is -0.727. The number of rotatable bonds is 4. The zero-order valence-electron chi connectivity index (χ0n) is 17.4. The number of aliphatic hydroxyl groups is 1. The van der Waals surface area contributed by atoms with Crippen molar-refractivity contribution in [2.24, 2.45) is 0 Å². The molecule has 1 N–H and O–H groups in total. The molecule has 1 aromatic carbocycles. The highest BCUT2D eigenvalue weighted by Gasteiger charge is 2.46. The lowest BCUT2D eigenvalue weighted by molar-refractivity contribution is -0.140. The summed E-state index contributed by atoms with van der Waals surface area (Å²) in [6, 6.07) is 11.7. The van der Waals surface area contributed by atoms with Crippen molar-refractivity contribution in [2.45, 2.75) is 32.0 Å². The Morgan fingerprint density at radius 1 is 1.06 bits per heavy atom. The van der Waals surface area contributed by atoms with Crippen LogP contribution in [-0.4, -0.2) is 37.8 Å². The molecule has 0 saturated carbocycles. The van der Waals surface area contributed by atoms with Crippen LogP contribution in [-0.2, 0) is 22.6 Å². The standard InChI is InChI=1S/C25H21N3O4/c1-15-12-19-13-18(2-3-20(19)32-15)23(29)21-22(17-6-10-27-11-7-17)28(25(31)24(21)30)14-16-4-8-26-9-5-16/h2-11,13,15,22,29H,12,14H2,1H3. The molecule has 1 fully saturated rings. The molecule has 5 rings (SSSR count). The van der Waals surface area contributed by atoms with E-state index in [-0.39, 0.29) is 24.0 Å². The van der Waals surface area contributed by atoms with Crippen LogP contribution in [0.15, 0.2) is 72.8 Å². The Kier molecular flexibility index (Phi) is 4.93. The van der Waals surface area contributed by atoms with Gasteiger partial charge in [-0.3, -0.25) is 19.6 Å².